The van der Waals surface area contributed by atoms with Crippen LogP contribution in [0.1, 0.15) is 18.4 Å². The summed E-state index contributed by atoms with van der Waals surface area (Å²) in [4.78, 5) is 0. The van der Waals surface area contributed by atoms with Crippen molar-refractivity contribution in [3.8, 4) is 0 Å². The predicted octanol–water partition coefficient (Wildman–Crippen LogP) is 2.79. The first-order valence-corrected chi connectivity index (χ1v) is 6.80. The molecule has 2 heterocycles. The van der Waals surface area contributed by atoms with Gasteiger partial charge in [0.05, 0.1) is 0 Å². The van der Waals surface area contributed by atoms with Crippen LogP contribution in [0.3, 0.4) is 0 Å². The number of piperidine rings is 1. The number of anilines is 1. The number of nitrogens with one attached hydrogen (secondary N) is 2. The van der Waals surface area contributed by atoms with Gasteiger partial charge in [-0.1, -0.05) is 15.9 Å². The molecule has 0 amide bonds. The smallest absolute Gasteiger partial charge is 0.0373 e. The molecule has 2 aliphatic rings. The van der Waals surface area contributed by atoms with Crippen LogP contribution in [0.15, 0.2) is 22.7 Å². The van der Waals surface area contributed by atoms with Crippen molar-refractivity contribution in [2.45, 2.75) is 19.3 Å². The van der Waals surface area contributed by atoms with E-state index in [1.807, 2.05) is 0 Å². The second kappa shape index (κ2) is 4.04. The molecule has 16 heavy (non-hydrogen) atoms. The van der Waals surface area contributed by atoms with E-state index in [9.17, 15) is 0 Å². The van der Waals surface area contributed by atoms with E-state index in [1.54, 1.807) is 0 Å². The SMILES string of the molecule is Brc1ccc2c(c1)CC1(CCNCC1)CN2. The third-order valence-corrected chi connectivity index (χ3v) is 4.44. The van der Waals surface area contributed by atoms with Crippen molar-refractivity contribution in [1.82, 2.24) is 5.32 Å². The lowest BCUT2D eigenvalue weighted by atomic mass is 9.72. The van der Waals surface area contributed by atoms with Crippen LogP contribution in [0.25, 0.3) is 0 Å². The molecule has 0 atom stereocenters. The highest BCUT2D eigenvalue weighted by Gasteiger charge is 2.35. The first-order chi connectivity index (χ1) is 7.77. The summed E-state index contributed by atoms with van der Waals surface area (Å²) in [7, 11) is 0. The van der Waals surface area contributed by atoms with Crippen molar-refractivity contribution in [3.63, 3.8) is 0 Å². The van der Waals surface area contributed by atoms with Crippen molar-refractivity contribution in [2.24, 2.45) is 5.41 Å². The van der Waals surface area contributed by atoms with Gasteiger partial charge in [-0.15, -0.1) is 0 Å². The summed E-state index contributed by atoms with van der Waals surface area (Å²) in [6, 6.07) is 6.57. The lowest BCUT2D eigenvalue weighted by Crippen LogP contribution is -2.44. The molecule has 0 bridgehead atoms. The van der Waals surface area contributed by atoms with Gasteiger partial charge < -0.3 is 10.6 Å². The van der Waals surface area contributed by atoms with E-state index in [1.165, 1.54) is 48.1 Å². The van der Waals surface area contributed by atoms with E-state index in [0.29, 0.717) is 5.41 Å². The molecule has 1 spiro atoms. The maximum Gasteiger partial charge on any atom is 0.0373 e. The molecule has 86 valence electrons. The van der Waals surface area contributed by atoms with Crippen molar-refractivity contribution in [2.75, 3.05) is 25.0 Å². The van der Waals surface area contributed by atoms with Crippen LogP contribution in [0, 0.1) is 5.41 Å². The zero-order chi connectivity index (χ0) is 11.0. The minimum absolute atomic E-state index is 0.499. The van der Waals surface area contributed by atoms with Gasteiger partial charge in [0.2, 0.25) is 0 Å². The molecule has 2 N–H and O–H groups in total. The summed E-state index contributed by atoms with van der Waals surface area (Å²) in [5.41, 5.74) is 3.30. The molecule has 2 aliphatic heterocycles. The number of benzene rings is 1. The Morgan fingerprint density at radius 2 is 2.00 bits per heavy atom. The lowest BCUT2D eigenvalue weighted by molar-refractivity contribution is 0.212. The number of rotatable bonds is 0. The number of hydrogen-bond donors (Lipinski definition) is 2. The van der Waals surface area contributed by atoms with Gasteiger partial charge in [0.15, 0.2) is 0 Å². The Kier molecular flexibility index (Phi) is 2.68. The Morgan fingerprint density at radius 1 is 1.19 bits per heavy atom. The van der Waals surface area contributed by atoms with Gasteiger partial charge in [0.1, 0.15) is 0 Å². The summed E-state index contributed by atoms with van der Waals surface area (Å²) < 4.78 is 1.19. The first kappa shape index (κ1) is 10.6. The molecule has 0 aromatic heterocycles. The van der Waals surface area contributed by atoms with E-state index in [2.05, 4.69) is 44.8 Å². The molecule has 3 rings (SSSR count). The fraction of sp³-hybridized carbons (Fsp3) is 0.538. The first-order valence-electron chi connectivity index (χ1n) is 6.01. The second-order valence-electron chi connectivity index (χ2n) is 5.08. The number of halogens is 1. The summed E-state index contributed by atoms with van der Waals surface area (Å²) in [6.45, 7) is 3.49. The molecule has 1 fully saturated rings. The fourth-order valence-electron chi connectivity index (χ4n) is 2.94. The van der Waals surface area contributed by atoms with Crippen LogP contribution >= 0.6 is 15.9 Å². The summed E-state index contributed by atoms with van der Waals surface area (Å²) in [5, 5.41) is 7.06. The summed E-state index contributed by atoms with van der Waals surface area (Å²) >= 11 is 3.56. The molecule has 0 aliphatic carbocycles. The van der Waals surface area contributed by atoms with Crippen LogP contribution in [0.4, 0.5) is 5.69 Å². The molecule has 0 unspecified atom stereocenters. The number of fused-ring (bicyclic) bond motifs is 1. The molecule has 1 aromatic carbocycles. The van der Waals surface area contributed by atoms with E-state index in [-0.39, 0.29) is 0 Å². The third kappa shape index (κ3) is 1.87. The summed E-state index contributed by atoms with van der Waals surface area (Å²) in [6.07, 6.45) is 3.83. The molecule has 0 radical (unpaired) electrons. The number of hydrogen-bond acceptors (Lipinski definition) is 2. The fourth-order valence-corrected chi connectivity index (χ4v) is 3.35. The Balaban J connectivity index is 1.89. The monoisotopic (exact) mass is 280 g/mol. The minimum atomic E-state index is 0.499. The highest BCUT2D eigenvalue weighted by molar-refractivity contribution is 9.10. The largest absolute Gasteiger partial charge is 0.384 e. The lowest BCUT2D eigenvalue weighted by Gasteiger charge is -2.42. The van der Waals surface area contributed by atoms with E-state index >= 15 is 0 Å². The predicted molar refractivity (Wildman–Crippen MR) is 70.9 cm³/mol. The maximum atomic E-state index is 3.60. The third-order valence-electron chi connectivity index (χ3n) is 3.95. The quantitative estimate of drug-likeness (QED) is 0.764. The second-order valence-corrected chi connectivity index (χ2v) is 6.00. The van der Waals surface area contributed by atoms with Gasteiger partial charge in [-0.2, -0.15) is 0 Å². The van der Waals surface area contributed by atoms with E-state index in [4.69, 9.17) is 0 Å². The average Bonchev–Trinajstić information content (AvgIpc) is 2.29. The van der Waals surface area contributed by atoms with Crippen LogP contribution < -0.4 is 10.6 Å². The average molecular weight is 281 g/mol. The standard InChI is InChI=1S/C13H17BrN2/c14-11-1-2-12-10(7-11)8-13(9-16-12)3-5-15-6-4-13/h1-2,7,15-16H,3-6,8-9H2. The molecule has 1 saturated heterocycles. The molecule has 0 saturated carbocycles. The Bertz CT molecular complexity index is 397. The maximum absolute atomic E-state index is 3.60. The molecule has 2 nitrogen and oxygen atoms in total. The van der Waals surface area contributed by atoms with E-state index in [0.717, 1.165) is 6.54 Å². The van der Waals surface area contributed by atoms with Crippen LogP contribution in [0.2, 0.25) is 0 Å². The van der Waals surface area contributed by atoms with Gasteiger partial charge >= 0.3 is 0 Å². The molecular formula is C13H17BrN2. The van der Waals surface area contributed by atoms with Crippen LogP contribution in [-0.2, 0) is 6.42 Å². The van der Waals surface area contributed by atoms with Crippen LogP contribution in [0.5, 0.6) is 0 Å². The van der Waals surface area contributed by atoms with Crippen molar-refractivity contribution in [1.29, 1.82) is 0 Å². The van der Waals surface area contributed by atoms with Gasteiger partial charge in [-0.25, -0.2) is 0 Å². The van der Waals surface area contributed by atoms with Gasteiger partial charge in [-0.05, 0) is 61.5 Å². The Morgan fingerprint density at radius 3 is 2.81 bits per heavy atom. The van der Waals surface area contributed by atoms with Crippen molar-refractivity contribution < 1.29 is 0 Å². The highest BCUT2D eigenvalue weighted by atomic mass is 79.9. The van der Waals surface area contributed by atoms with Crippen LogP contribution in [-0.4, -0.2) is 19.6 Å². The topological polar surface area (TPSA) is 24.1 Å². The van der Waals surface area contributed by atoms with Crippen molar-refractivity contribution >= 4 is 21.6 Å². The van der Waals surface area contributed by atoms with Gasteiger partial charge in [-0.3, -0.25) is 0 Å². The normalized spacial score (nSPS) is 22.6. The Hall–Kier alpha value is -0.540. The van der Waals surface area contributed by atoms with Crippen molar-refractivity contribution in [3.05, 3.63) is 28.2 Å². The minimum Gasteiger partial charge on any atom is -0.384 e. The summed E-state index contributed by atoms with van der Waals surface area (Å²) in [5.74, 6) is 0. The van der Waals surface area contributed by atoms with Gasteiger partial charge in [0, 0.05) is 16.7 Å². The highest BCUT2D eigenvalue weighted by Crippen LogP contribution is 2.39. The molecule has 3 heteroatoms. The zero-order valence-electron chi connectivity index (χ0n) is 9.35. The Labute approximate surface area is 105 Å². The molecule has 1 aromatic rings. The zero-order valence-corrected chi connectivity index (χ0v) is 10.9. The molecular weight excluding hydrogens is 264 g/mol. The van der Waals surface area contributed by atoms with E-state index < -0.39 is 0 Å². The van der Waals surface area contributed by atoms with Gasteiger partial charge in [0.25, 0.3) is 0 Å².